The van der Waals surface area contributed by atoms with Crippen LogP contribution in [-0.4, -0.2) is 19.9 Å². The molecule has 0 saturated carbocycles. The van der Waals surface area contributed by atoms with Crippen molar-refractivity contribution in [1.82, 2.24) is 19.9 Å². The molecule has 0 amide bonds. The summed E-state index contributed by atoms with van der Waals surface area (Å²) in [5.41, 5.74) is 3.32. The van der Waals surface area contributed by atoms with E-state index in [0.717, 1.165) is 34.1 Å². The molecule has 0 bridgehead atoms. The maximum Gasteiger partial charge on any atom is 0.251 e. The van der Waals surface area contributed by atoms with Crippen LogP contribution in [0.25, 0.3) is 11.4 Å². The average Bonchev–Trinajstić information content (AvgIpc) is 2.82. The van der Waals surface area contributed by atoms with Crippen molar-refractivity contribution in [3.05, 3.63) is 100 Å². The standard InChI is InChI=1S/C24H23N5O2/c1-2-19-13-23(30)29-24(28-19)18-9-10-22(27-15-18)26-14-17-6-5-8-21(12-17)31-16-20-7-3-4-11-25-20/h3-13,15H,2,14,16H2,1H3,(H,26,27)(H,28,29,30). The van der Waals surface area contributed by atoms with Gasteiger partial charge in [-0.1, -0.05) is 25.1 Å². The molecule has 0 aliphatic heterocycles. The van der Waals surface area contributed by atoms with Crippen LogP contribution in [-0.2, 0) is 19.6 Å². The molecule has 3 heterocycles. The molecule has 2 N–H and O–H groups in total. The highest BCUT2D eigenvalue weighted by molar-refractivity contribution is 5.56. The molecule has 0 radical (unpaired) electrons. The summed E-state index contributed by atoms with van der Waals surface area (Å²) < 4.78 is 5.84. The average molecular weight is 413 g/mol. The van der Waals surface area contributed by atoms with Crippen molar-refractivity contribution in [2.24, 2.45) is 0 Å². The summed E-state index contributed by atoms with van der Waals surface area (Å²) in [7, 11) is 0. The van der Waals surface area contributed by atoms with E-state index in [1.807, 2.05) is 61.5 Å². The number of H-pyrrole nitrogens is 1. The molecular formula is C24H23N5O2. The number of aromatic amines is 1. The molecule has 4 aromatic rings. The summed E-state index contributed by atoms with van der Waals surface area (Å²) in [6, 6.07) is 18.9. The van der Waals surface area contributed by atoms with Crippen LogP contribution < -0.4 is 15.6 Å². The molecule has 7 nitrogen and oxygen atoms in total. The topological polar surface area (TPSA) is 92.8 Å². The number of ether oxygens (including phenoxy) is 1. The fourth-order valence-corrected chi connectivity index (χ4v) is 3.04. The number of nitrogens with one attached hydrogen (secondary N) is 2. The molecule has 0 spiro atoms. The molecule has 1 aromatic carbocycles. The minimum Gasteiger partial charge on any atom is -0.487 e. The molecule has 3 aromatic heterocycles. The van der Waals surface area contributed by atoms with Gasteiger partial charge in [0.25, 0.3) is 5.56 Å². The second-order valence-corrected chi connectivity index (χ2v) is 6.98. The SMILES string of the molecule is CCc1cc(=O)[nH]c(-c2ccc(NCc3cccc(OCc4ccccn4)c3)nc2)n1. The fourth-order valence-electron chi connectivity index (χ4n) is 3.04. The Morgan fingerprint density at radius 2 is 1.94 bits per heavy atom. The van der Waals surface area contributed by atoms with Gasteiger partial charge in [-0.2, -0.15) is 0 Å². The zero-order valence-corrected chi connectivity index (χ0v) is 17.2. The van der Waals surface area contributed by atoms with Gasteiger partial charge in [0.1, 0.15) is 24.0 Å². The number of aromatic nitrogens is 4. The molecule has 0 aliphatic carbocycles. The predicted octanol–water partition coefficient (Wildman–Crippen LogP) is 3.98. The van der Waals surface area contributed by atoms with Crippen molar-refractivity contribution >= 4 is 5.82 Å². The maximum atomic E-state index is 11.8. The van der Waals surface area contributed by atoms with E-state index in [2.05, 4.69) is 25.3 Å². The Morgan fingerprint density at radius 1 is 1.00 bits per heavy atom. The zero-order valence-electron chi connectivity index (χ0n) is 17.2. The van der Waals surface area contributed by atoms with Crippen molar-refractivity contribution in [2.45, 2.75) is 26.5 Å². The third kappa shape index (κ3) is 5.54. The summed E-state index contributed by atoms with van der Waals surface area (Å²) in [5.74, 6) is 2.05. The van der Waals surface area contributed by atoms with E-state index < -0.39 is 0 Å². The Hall–Kier alpha value is -4.00. The molecule has 31 heavy (non-hydrogen) atoms. The Kier molecular flexibility index (Phi) is 6.32. The summed E-state index contributed by atoms with van der Waals surface area (Å²) >= 11 is 0. The quantitative estimate of drug-likeness (QED) is 0.454. The van der Waals surface area contributed by atoms with Crippen molar-refractivity contribution in [1.29, 1.82) is 0 Å². The van der Waals surface area contributed by atoms with E-state index in [-0.39, 0.29) is 5.56 Å². The van der Waals surface area contributed by atoms with E-state index in [1.54, 1.807) is 12.4 Å². The minimum absolute atomic E-state index is 0.158. The Morgan fingerprint density at radius 3 is 2.71 bits per heavy atom. The van der Waals surface area contributed by atoms with E-state index in [1.165, 1.54) is 6.07 Å². The van der Waals surface area contributed by atoms with Crippen LogP contribution in [0, 0.1) is 0 Å². The number of aryl methyl sites for hydroxylation is 1. The molecule has 156 valence electrons. The van der Waals surface area contributed by atoms with Crippen LogP contribution >= 0.6 is 0 Å². The largest absolute Gasteiger partial charge is 0.487 e. The van der Waals surface area contributed by atoms with Crippen LogP contribution in [0.15, 0.2) is 77.9 Å². The van der Waals surface area contributed by atoms with Crippen molar-refractivity contribution in [3.8, 4) is 17.1 Å². The molecule has 0 fully saturated rings. The van der Waals surface area contributed by atoms with Crippen molar-refractivity contribution in [3.63, 3.8) is 0 Å². The number of benzene rings is 1. The van der Waals surface area contributed by atoms with E-state index in [0.29, 0.717) is 25.4 Å². The summed E-state index contributed by atoms with van der Waals surface area (Å²) in [6.45, 7) is 3.00. The van der Waals surface area contributed by atoms with Gasteiger partial charge in [0, 0.05) is 36.3 Å². The van der Waals surface area contributed by atoms with Gasteiger partial charge >= 0.3 is 0 Å². The molecule has 7 heteroatoms. The van der Waals surface area contributed by atoms with Gasteiger partial charge in [0.05, 0.1) is 5.69 Å². The molecule has 0 saturated heterocycles. The van der Waals surface area contributed by atoms with Crippen molar-refractivity contribution < 1.29 is 4.74 Å². The van der Waals surface area contributed by atoms with Gasteiger partial charge in [-0.25, -0.2) is 9.97 Å². The van der Waals surface area contributed by atoms with Gasteiger partial charge in [-0.15, -0.1) is 0 Å². The molecule has 0 aliphatic rings. The highest BCUT2D eigenvalue weighted by Gasteiger charge is 2.05. The van der Waals surface area contributed by atoms with Gasteiger partial charge in [0.15, 0.2) is 0 Å². The lowest BCUT2D eigenvalue weighted by Crippen LogP contribution is -2.10. The number of anilines is 1. The second-order valence-electron chi connectivity index (χ2n) is 6.98. The smallest absolute Gasteiger partial charge is 0.251 e. The van der Waals surface area contributed by atoms with Crippen molar-refractivity contribution in [2.75, 3.05) is 5.32 Å². The first kappa shape index (κ1) is 20.3. The lowest BCUT2D eigenvalue weighted by Gasteiger charge is -2.10. The normalized spacial score (nSPS) is 10.6. The fraction of sp³-hybridized carbons (Fsp3) is 0.167. The third-order valence-electron chi connectivity index (χ3n) is 4.68. The van der Waals surface area contributed by atoms with Crippen LogP contribution in [0.2, 0.25) is 0 Å². The van der Waals surface area contributed by atoms with Crippen LogP contribution in [0.3, 0.4) is 0 Å². The Labute approximate surface area is 180 Å². The molecular weight excluding hydrogens is 390 g/mol. The maximum absolute atomic E-state index is 11.8. The molecule has 0 atom stereocenters. The summed E-state index contributed by atoms with van der Waals surface area (Å²) in [4.78, 5) is 27.7. The van der Waals surface area contributed by atoms with E-state index in [4.69, 9.17) is 4.74 Å². The van der Waals surface area contributed by atoms with E-state index >= 15 is 0 Å². The number of rotatable bonds is 8. The molecule has 0 unspecified atom stereocenters. The number of hydrogen-bond acceptors (Lipinski definition) is 6. The van der Waals surface area contributed by atoms with Gasteiger partial charge < -0.3 is 15.0 Å². The van der Waals surface area contributed by atoms with Gasteiger partial charge in [-0.3, -0.25) is 9.78 Å². The van der Waals surface area contributed by atoms with Crippen LogP contribution in [0.4, 0.5) is 5.82 Å². The lowest BCUT2D eigenvalue weighted by atomic mass is 10.2. The first-order chi connectivity index (χ1) is 15.2. The number of hydrogen-bond donors (Lipinski definition) is 2. The zero-order chi connectivity index (χ0) is 21.5. The highest BCUT2D eigenvalue weighted by Crippen LogP contribution is 2.18. The Balaban J connectivity index is 1.37. The lowest BCUT2D eigenvalue weighted by molar-refractivity contribution is 0.301. The highest BCUT2D eigenvalue weighted by atomic mass is 16.5. The number of pyridine rings is 2. The second kappa shape index (κ2) is 9.67. The van der Waals surface area contributed by atoms with Gasteiger partial charge in [0.2, 0.25) is 0 Å². The Bertz CT molecular complexity index is 1190. The summed E-state index contributed by atoms with van der Waals surface area (Å²) in [6.07, 6.45) is 4.16. The number of nitrogens with zero attached hydrogens (tertiary/aromatic N) is 3. The first-order valence-electron chi connectivity index (χ1n) is 10.1. The monoisotopic (exact) mass is 413 g/mol. The van der Waals surface area contributed by atoms with E-state index in [9.17, 15) is 4.79 Å². The van der Waals surface area contributed by atoms with Gasteiger partial charge in [-0.05, 0) is 48.4 Å². The van der Waals surface area contributed by atoms with Crippen LogP contribution in [0.5, 0.6) is 5.75 Å². The first-order valence-corrected chi connectivity index (χ1v) is 10.1. The third-order valence-corrected chi connectivity index (χ3v) is 4.68. The minimum atomic E-state index is -0.158. The summed E-state index contributed by atoms with van der Waals surface area (Å²) in [5, 5.41) is 3.30. The predicted molar refractivity (Wildman–Crippen MR) is 120 cm³/mol. The van der Waals surface area contributed by atoms with Crippen LogP contribution in [0.1, 0.15) is 23.9 Å². The molecule has 4 rings (SSSR count).